The van der Waals surface area contributed by atoms with Gasteiger partial charge >= 0.3 is 5.88 Å². The van der Waals surface area contributed by atoms with Crippen molar-refractivity contribution in [3.8, 4) is 0 Å². The molecular weight excluding hydrogens is 278 g/mol. The number of hydrogen-bond acceptors (Lipinski definition) is 5. The lowest BCUT2D eigenvalue weighted by Crippen LogP contribution is -2.32. The third-order valence-electron chi connectivity index (χ3n) is 2.46. The minimum atomic E-state index is -0.751. The number of hydrogen-bond donors (Lipinski definition) is 2. The summed E-state index contributed by atoms with van der Waals surface area (Å²) in [7, 11) is 0. The van der Waals surface area contributed by atoms with Crippen LogP contribution in [0.5, 0.6) is 0 Å². The molecule has 0 saturated heterocycles. The molecule has 0 unspecified atom stereocenters. The molecule has 0 fully saturated rings. The van der Waals surface area contributed by atoms with Gasteiger partial charge in [0, 0.05) is 5.69 Å². The molecule has 2 aromatic rings. The zero-order valence-electron chi connectivity index (χ0n) is 10.7. The molecule has 0 atom stereocenters. The number of nitrogens with zero attached hydrogens (tertiary/aromatic N) is 1. The minimum Gasteiger partial charge on any atom is -0.395 e. The first kappa shape index (κ1) is 14.3. The van der Waals surface area contributed by atoms with Crippen molar-refractivity contribution in [1.82, 2.24) is 5.32 Å². The summed E-state index contributed by atoms with van der Waals surface area (Å²) in [4.78, 5) is 32.9. The van der Waals surface area contributed by atoms with E-state index < -0.39 is 22.6 Å². The predicted molar refractivity (Wildman–Crippen MR) is 72.8 cm³/mol. The molecule has 2 amide bonds. The quantitative estimate of drug-likeness (QED) is 0.640. The van der Waals surface area contributed by atoms with Gasteiger partial charge in [0.1, 0.15) is 4.92 Å². The maximum Gasteiger partial charge on any atom is 0.433 e. The molecule has 0 aliphatic heterocycles. The van der Waals surface area contributed by atoms with Crippen LogP contribution in [0.25, 0.3) is 0 Å². The molecule has 108 valence electrons. The van der Waals surface area contributed by atoms with Crippen LogP contribution < -0.4 is 10.6 Å². The van der Waals surface area contributed by atoms with Crippen molar-refractivity contribution in [2.75, 3.05) is 11.9 Å². The third-order valence-corrected chi connectivity index (χ3v) is 2.46. The molecule has 0 bridgehead atoms. The van der Waals surface area contributed by atoms with Crippen LogP contribution in [0, 0.1) is 10.1 Å². The number of rotatable bonds is 5. The number of amides is 2. The Balaban J connectivity index is 1.85. The number of benzene rings is 1. The lowest BCUT2D eigenvalue weighted by atomic mass is 10.3. The highest BCUT2D eigenvalue weighted by Gasteiger charge is 2.17. The highest BCUT2D eigenvalue weighted by atomic mass is 16.6. The van der Waals surface area contributed by atoms with Crippen molar-refractivity contribution in [2.24, 2.45) is 0 Å². The highest BCUT2D eigenvalue weighted by Crippen LogP contribution is 2.15. The van der Waals surface area contributed by atoms with Crippen LogP contribution in [0.4, 0.5) is 11.6 Å². The summed E-state index contributed by atoms with van der Waals surface area (Å²) in [6.07, 6.45) is 0. The van der Waals surface area contributed by atoms with Crippen molar-refractivity contribution in [3.63, 3.8) is 0 Å². The van der Waals surface area contributed by atoms with Gasteiger partial charge < -0.3 is 15.1 Å². The molecule has 2 N–H and O–H groups in total. The van der Waals surface area contributed by atoms with Gasteiger partial charge in [-0.05, 0) is 18.2 Å². The SMILES string of the molecule is O=C(CNC(=O)c1ccc([N+](=O)[O-])o1)Nc1ccccc1. The monoisotopic (exact) mass is 289 g/mol. The van der Waals surface area contributed by atoms with E-state index in [1.165, 1.54) is 6.07 Å². The van der Waals surface area contributed by atoms with Crippen molar-refractivity contribution in [2.45, 2.75) is 0 Å². The maximum absolute atomic E-state index is 11.6. The Hall–Kier alpha value is -3.16. The summed E-state index contributed by atoms with van der Waals surface area (Å²) < 4.78 is 4.71. The average Bonchev–Trinajstić information content (AvgIpc) is 2.96. The summed E-state index contributed by atoms with van der Waals surface area (Å²) in [5, 5.41) is 15.3. The van der Waals surface area contributed by atoms with E-state index in [9.17, 15) is 19.7 Å². The van der Waals surface area contributed by atoms with Gasteiger partial charge in [-0.3, -0.25) is 19.7 Å². The Morgan fingerprint density at radius 3 is 2.48 bits per heavy atom. The Morgan fingerprint density at radius 1 is 1.14 bits per heavy atom. The molecule has 2 rings (SSSR count). The summed E-state index contributed by atoms with van der Waals surface area (Å²) in [6.45, 7) is -0.276. The van der Waals surface area contributed by atoms with E-state index in [1.807, 2.05) is 0 Å². The van der Waals surface area contributed by atoms with Gasteiger partial charge in [-0.15, -0.1) is 0 Å². The second-order valence-corrected chi connectivity index (χ2v) is 3.99. The summed E-state index contributed by atoms with van der Waals surface area (Å²) >= 11 is 0. The summed E-state index contributed by atoms with van der Waals surface area (Å²) in [6, 6.07) is 11.0. The molecule has 1 heterocycles. The van der Waals surface area contributed by atoms with E-state index in [4.69, 9.17) is 4.42 Å². The molecule has 21 heavy (non-hydrogen) atoms. The van der Waals surface area contributed by atoms with Crippen LogP contribution >= 0.6 is 0 Å². The summed E-state index contributed by atoms with van der Waals surface area (Å²) in [5.74, 6) is -1.88. The third kappa shape index (κ3) is 3.90. The van der Waals surface area contributed by atoms with Gasteiger partial charge in [0.2, 0.25) is 5.91 Å². The number of para-hydroxylation sites is 1. The van der Waals surface area contributed by atoms with Gasteiger partial charge in [-0.25, -0.2) is 0 Å². The number of carbonyl (C=O) groups excluding carboxylic acids is 2. The van der Waals surface area contributed by atoms with E-state index in [0.717, 1.165) is 6.07 Å². The Labute approximate surface area is 118 Å². The zero-order valence-corrected chi connectivity index (χ0v) is 10.7. The number of carbonyl (C=O) groups is 2. The lowest BCUT2D eigenvalue weighted by Gasteiger charge is -2.05. The first-order chi connectivity index (χ1) is 10.1. The van der Waals surface area contributed by atoms with Crippen LogP contribution in [0.2, 0.25) is 0 Å². The largest absolute Gasteiger partial charge is 0.433 e. The number of furan rings is 1. The number of nitro groups is 1. The maximum atomic E-state index is 11.6. The van der Waals surface area contributed by atoms with Crippen molar-refractivity contribution in [3.05, 3.63) is 58.3 Å². The van der Waals surface area contributed by atoms with E-state index in [0.29, 0.717) is 5.69 Å². The minimum absolute atomic E-state index is 0.228. The molecule has 0 spiro atoms. The van der Waals surface area contributed by atoms with Crippen LogP contribution in [-0.2, 0) is 4.79 Å². The van der Waals surface area contributed by atoms with Gasteiger partial charge in [0.15, 0.2) is 5.76 Å². The standard InChI is InChI=1S/C13H11N3O5/c17-11(15-9-4-2-1-3-5-9)8-14-13(18)10-6-7-12(21-10)16(19)20/h1-7H,8H2,(H,14,18)(H,15,17). The molecule has 8 heteroatoms. The van der Waals surface area contributed by atoms with Crippen LogP contribution in [-0.4, -0.2) is 23.3 Å². The van der Waals surface area contributed by atoms with Gasteiger partial charge in [-0.2, -0.15) is 0 Å². The number of nitrogens with one attached hydrogen (secondary N) is 2. The van der Waals surface area contributed by atoms with E-state index >= 15 is 0 Å². The Bertz CT molecular complexity index is 665. The number of anilines is 1. The van der Waals surface area contributed by atoms with E-state index in [2.05, 4.69) is 10.6 Å². The summed E-state index contributed by atoms with van der Waals surface area (Å²) in [5.41, 5.74) is 0.602. The van der Waals surface area contributed by atoms with Gasteiger partial charge in [-0.1, -0.05) is 18.2 Å². The molecule has 0 radical (unpaired) electrons. The Kier molecular flexibility index (Phi) is 4.30. The van der Waals surface area contributed by atoms with Gasteiger partial charge in [0.05, 0.1) is 12.6 Å². The first-order valence-electron chi connectivity index (χ1n) is 5.93. The second kappa shape index (κ2) is 6.33. The predicted octanol–water partition coefficient (Wildman–Crippen LogP) is 1.56. The molecule has 1 aromatic carbocycles. The Morgan fingerprint density at radius 2 is 1.86 bits per heavy atom. The molecule has 0 aliphatic rings. The molecule has 0 saturated carbocycles. The van der Waals surface area contributed by atoms with Crippen LogP contribution in [0.15, 0.2) is 46.9 Å². The molecule has 1 aromatic heterocycles. The average molecular weight is 289 g/mol. The molecule has 8 nitrogen and oxygen atoms in total. The lowest BCUT2D eigenvalue weighted by molar-refractivity contribution is -0.402. The second-order valence-electron chi connectivity index (χ2n) is 3.99. The van der Waals surface area contributed by atoms with Crippen LogP contribution in [0.3, 0.4) is 0 Å². The normalized spacial score (nSPS) is 9.90. The molecular formula is C13H11N3O5. The fraction of sp³-hybridized carbons (Fsp3) is 0.0769. The first-order valence-corrected chi connectivity index (χ1v) is 5.93. The van der Waals surface area contributed by atoms with E-state index in [-0.39, 0.29) is 12.3 Å². The van der Waals surface area contributed by atoms with Crippen molar-refractivity contribution >= 4 is 23.4 Å². The zero-order chi connectivity index (χ0) is 15.2. The van der Waals surface area contributed by atoms with Gasteiger partial charge in [0.25, 0.3) is 5.91 Å². The fourth-order valence-electron chi connectivity index (χ4n) is 1.52. The fourth-order valence-corrected chi connectivity index (χ4v) is 1.52. The highest BCUT2D eigenvalue weighted by molar-refractivity contribution is 5.98. The van der Waals surface area contributed by atoms with Crippen molar-refractivity contribution < 1.29 is 18.9 Å². The topological polar surface area (TPSA) is 114 Å². The smallest absolute Gasteiger partial charge is 0.395 e. The molecule has 0 aliphatic carbocycles. The van der Waals surface area contributed by atoms with E-state index in [1.54, 1.807) is 30.3 Å². The van der Waals surface area contributed by atoms with Crippen molar-refractivity contribution in [1.29, 1.82) is 0 Å². The van der Waals surface area contributed by atoms with Crippen LogP contribution in [0.1, 0.15) is 10.6 Å².